The van der Waals surface area contributed by atoms with Crippen molar-refractivity contribution in [3.63, 3.8) is 0 Å². The molecule has 6 heteroatoms. The Balaban J connectivity index is 1.53. The average Bonchev–Trinajstić information content (AvgIpc) is 3.36. The van der Waals surface area contributed by atoms with E-state index in [4.69, 9.17) is 18.8 Å². The highest BCUT2D eigenvalue weighted by atomic mass is 16.5. The molecule has 3 aromatic rings. The Kier molecular flexibility index (Phi) is 6.69. The molecule has 0 spiro atoms. The van der Waals surface area contributed by atoms with Crippen molar-refractivity contribution in [2.75, 3.05) is 13.2 Å². The molecule has 0 saturated carbocycles. The highest BCUT2D eigenvalue weighted by Gasteiger charge is 2.16. The van der Waals surface area contributed by atoms with Crippen molar-refractivity contribution in [2.24, 2.45) is 0 Å². The summed E-state index contributed by atoms with van der Waals surface area (Å²) in [5, 5.41) is 19.1. The van der Waals surface area contributed by atoms with E-state index in [1.807, 2.05) is 53.4 Å². The lowest BCUT2D eigenvalue weighted by molar-refractivity contribution is 0.0580. The van der Waals surface area contributed by atoms with Crippen LogP contribution in [-0.2, 0) is 19.5 Å². The molecule has 2 aromatic heterocycles. The molecule has 1 atom stereocenters. The molecule has 0 amide bonds. The molecule has 27 heavy (non-hydrogen) atoms. The van der Waals surface area contributed by atoms with E-state index in [-0.39, 0.29) is 6.61 Å². The Hall–Kier alpha value is -3.01. The SMILES string of the molecule is N#CCc1ccc(OC[C@@H](O)CN(Cc2ccco2)Cc2ccco2)cc1. The summed E-state index contributed by atoms with van der Waals surface area (Å²) in [6, 6.07) is 16.9. The van der Waals surface area contributed by atoms with Crippen LogP contribution in [-0.4, -0.2) is 29.3 Å². The molecule has 0 bridgehead atoms. The summed E-state index contributed by atoms with van der Waals surface area (Å²) in [6.45, 7) is 1.71. The number of hydrogen-bond donors (Lipinski definition) is 1. The van der Waals surface area contributed by atoms with Crippen molar-refractivity contribution >= 4 is 0 Å². The molecule has 0 aliphatic heterocycles. The Morgan fingerprint density at radius 3 is 2.15 bits per heavy atom. The molecule has 0 aliphatic rings. The van der Waals surface area contributed by atoms with Crippen LogP contribution < -0.4 is 4.74 Å². The van der Waals surface area contributed by atoms with Gasteiger partial charge >= 0.3 is 0 Å². The minimum Gasteiger partial charge on any atom is -0.491 e. The topological polar surface area (TPSA) is 82.8 Å². The summed E-state index contributed by atoms with van der Waals surface area (Å²) in [5.74, 6) is 2.31. The Bertz CT molecular complexity index is 784. The fraction of sp³-hybridized carbons (Fsp3) is 0.286. The molecular weight excluding hydrogens is 344 g/mol. The van der Waals surface area contributed by atoms with Crippen LogP contribution in [0.3, 0.4) is 0 Å². The van der Waals surface area contributed by atoms with E-state index in [0.717, 1.165) is 17.1 Å². The van der Waals surface area contributed by atoms with Crippen LogP contribution in [0, 0.1) is 11.3 Å². The second-order valence-electron chi connectivity index (χ2n) is 6.27. The predicted molar refractivity (Wildman–Crippen MR) is 98.8 cm³/mol. The van der Waals surface area contributed by atoms with Gasteiger partial charge in [0.1, 0.15) is 30.0 Å². The third-order valence-electron chi connectivity index (χ3n) is 4.04. The van der Waals surface area contributed by atoms with E-state index in [0.29, 0.717) is 31.8 Å². The summed E-state index contributed by atoms with van der Waals surface area (Å²) in [5.41, 5.74) is 0.938. The van der Waals surface area contributed by atoms with Gasteiger partial charge in [-0.05, 0) is 42.0 Å². The number of benzene rings is 1. The second kappa shape index (κ2) is 9.62. The monoisotopic (exact) mass is 366 g/mol. The van der Waals surface area contributed by atoms with E-state index in [1.165, 1.54) is 0 Å². The molecule has 2 heterocycles. The lowest BCUT2D eigenvalue weighted by atomic mass is 10.2. The van der Waals surface area contributed by atoms with Gasteiger partial charge in [0.2, 0.25) is 0 Å². The van der Waals surface area contributed by atoms with E-state index in [2.05, 4.69) is 6.07 Å². The smallest absolute Gasteiger partial charge is 0.119 e. The summed E-state index contributed by atoms with van der Waals surface area (Å²) >= 11 is 0. The van der Waals surface area contributed by atoms with Gasteiger partial charge in [0.05, 0.1) is 38.1 Å². The predicted octanol–water partition coefficient (Wildman–Crippen LogP) is 3.38. The number of furan rings is 2. The van der Waals surface area contributed by atoms with Crippen molar-refractivity contribution in [3.8, 4) is 11.8 Å². The maximum atomic E-state index is 10.4. The summed E-state index contributed by atoms with van der Waals surface area (Å²) < 4.78 is 16.5. The second-order valence-corrected chi connectivity index (χ2v) is 6.27. The fourth-order valence-corrected chi connectivity index (χ4v) is 2.77. The van der Waals surface area contributed by atoms with E-state index in [1.54, 1.807) is 12.5 Å². The number of nitriles is 1. The zero-order chi connectivity index (χ0) is 18.9. The van der Waals surface area contributed by atoms with Crippen LogP contribution >= 0.6 is 0 Å². The van der Waals surface area contributed by atoms with Gasteiger partial charge < -0.3 is 18.7 Å². The van der Waals surface area contributed by atoms with Gasteiger partial charge in [-0.2, -0.15) is 5.26 Å². The van der Waals surface area contributed by atoms with Gasteiger partial charge in [0.25, 0.3) is 0 Å². The van der Waals surface area contributed by atoms with Crippen LogP contribution in [0.15, 0.2) is 69.9 Å². The number of aliphatic hydroxyl groups excluding tert-OH is 1. The Morgan fingerprint density at radius 1 is 1.00 bits per heavy atom. The van der Waals surface area contributed by atoms with Gasteiger partial charge in [-0.15, -0.1) is 0 Å². The molecule has 6 nitrogen and oxygen atoms in total. The zero-order valence-electron chi connectivity index (χ0n) is 15.0. The molecule has 0 fully saturated rings. The van der Waals surface area contributed by atoms with Crippen LogP contribution in [0.5, 0.6) is 5.75 Å². The summed E-state index contributed by atoms with van der Waals surface area (Å²) in [7, 11) is 0. The fourth-order valence-electron chi connectivity index (χ4n) is 2.77. The first-order valence-corrected chi connectivity index (χ1v) is 8.77. The van der Waals surface area contributed by atoms with Crippen LogP contribution in [0.2, 0.25) is 0 Å². The average molecular weight is 366 g/mol. The maximum absolute atomic E-state index is 10.4. The zero-order valence-corrected chi connectivity index (χ0v) is 15.0. The molecule has 3 rings (SSSR count). The first-order valence-electron chi connectivity index (χ1n) is 8.77. The van der Waals surface area contributed by atoms with E-state index >= 15 is 0 Å². The van der Waals surface area contributed by atoms with Crippen LogP contribution in [0.1, 0.15) is 17.1 Å². The quantitative estimate of drug-likeness (QED) is 0.592. The van der Waals surface area contributed by atoms with E-state index in [9.17, 15) is 5.11 Å². The Morgan fingerprint density at radius 2 is 1.63 bits per heavy atom. The van der Waals surface area contributed by atoms with Gasteiger partial charge in [-0.3, -0.25) is 4.90 Å². The van der Waals surface area contributed by atoms with Crippen LogP contribution in [0.25, 0.3) is 0 Å². The van der Waals surface area contributed by atoms with Crippen LogP contribution in [0.4, 0.5) is 0 Å². The number of rotatable bonds is 10. The third kappa shape index (κ3) is 6.03. The molecular formula is C21H22N2O4. The summed E-state index contributed by atoms with van der Waals surface area (Å²) in [4.78, 5) is 2.04. The lowest BCUT2D eigenvalue weighted by Crippen LogP contribution is -2.34. The third-order valence-corrected chi connectivity index (χ3v) is 4.04. The van der Waals surface area contributed by atoms with Gasteiger partial charge in [0.15, 0.2) is 0 Å². The number of aliphatic hydroxyl groups is 1. The minimum absolute atomic E-state index is 0.171. The highest BCUT2D eigenvalue weighted by molar-refractivity contribution is 5.28. The highest BCUT2D eigenvalue weighted by Crippen LogP contribution is 2.14. The number of nitrogens with zero attached hydrogens (tertiary/aromatic N) is 2. The standard InChI is InChI=1S/C21H22N2O4/c22-10-9-17-5-7-19(8-6-17)27-16-18(24)13-23(14-20-3-1-11-25-20)15-21-4-2-12-26-21/h1-8,11-12,18,24H,9,13-16H2/t18-/m0/s1. The molecule has 140 valence electrons. The van der Waals surface area contributed by atoms with Gasteiger partial charge in [-0.1, -0.05) is 12.1 Å². The minimum atomic E-state index is -0.672. The molecule has 0 aliphatic carbocycles. The largest absolute Gasteiger partial charge is 0.491 e. The Labute approximate surface area is 158 Å². The van der Waals surface area contributed by atoms with Crippen molar-refractivity contribution in [1.29, 1.82) is 5.26 Å². The van der Waals surface area contributed by atoms with Gasteiger partial charge in [0, 0.05) is 6.54 Å². The molecule has 0 saturated heterocycles. The van der Waals surface area contributed by atoms with Crippen molar-refractivity contribution in [3.05, 3.63) is 78.1 Å². The van der Waals surface area contributed by atoms with Crippen molar-refractivity contribution in [1.82, 2.24) is 4.90 Å². The summed E-state index contributed by atoms with van der Waals surface area (Å²) in [6.07, 6.45) is 2.97. The lowest BCUT2D eigenvalue weighted by Gasteiger charge is -2.23. The van der Waals surface area contributed by atoms with Crippen molar-refractivity contribution in [2.45, 2.75) is 25.6 Å². The molecule has 1 N–H and O–H groups in total. The molecule has 0 radical (unpaired) electrons. The first kappa shape index (κ1) is 18.8. The van der Waals surface area contributed by atoms with Gasteiger partial charge in [-0.25, -0.2) is 0 Å². The first-order chi connectivity index (χ1) is 13.2. The normalized spacial score (nSPS) is 12.0. The number of ether oxygens (including phenoxy) is 1. The number of hydrogen-bond acceptors (Lipinski definition) is 6. The maximum Gasteiger partial charge on any atom is 0.119 e. The molecule has 1 aromatic carbocycles. The van der Waals surface area contributed by atoms with Crippen molar-refractivity contribution < 1.29 is 18.7 Å². The van der Waals surface area contributed by atoms with E-state index < -0.39 is 6.10 Å². The molecule has 0 unspecified atom stereocenters.